The van der Waals surface area contributed by atoms with Crippen molar-refractivity contribution in [3.05, 3.63) is 36.0 Å². The molecule has 6 aliphatic rings. The van der Waals surface area contributed by atoms with E-state index in [1.807, 2.05) is 20.8 Å². The molecule has 9 unspecified atom stereocenters. The third-order valence-corrected chi connectivity index (χ3v) is 18.4. The van der Waals surface area contributed by atoms with Crippen LogP contribution in [0, 0.1) is 58.7 Å². The molecule has 0 aromatic carbocycles. The van der Waals surface area contributed by atoms with Crippen LogP contribution < -0.4 is 0 Å². The quantitative estimate of drug-likeness (QED) is 0.0369. The number of fused-ring (bicyclic) bond motifs is 6. The van der Waals surface area contributed by atoms with Gasteiger partial charge in [0.05, 0.1) is 51.2 Å². The molecule has 0 spiro atoms. The predicted octanol–water partition coefficient (Wildman–Crippen LogP) is 15.7. The Morgan fingerprint density at radius 2 is 1.53 bits per heavy atom. The lowest BCUT2D eigenvalue weighted by Gasteiger charge is -2.51. The maximum absolute atomic E-state index is 13.3. The average molecular weight is 977 g/mol. The minimum Gasteiger partial charge on any atom is -0.460 e. The molecule has 1 aliphatic heterocycles. The molecule has 5 fully saturated rings. The minimum absolute atomic E-state index is 0.00149. The Bertz CT molecular complexity index is 1550. The van der Waals surface area contributed by atoms with Gasteiger partial charge in [-0.3, -0.25) is 4.79 Å². The molecule has 70 heavy (non-hydrogen) atoms. The number of hydrogen-bond acceptors (Lipinski definition) is 7. The van der Waals surface area contributed by atoms with Crippen molar-refractivity contribution in [3.63, 3.8) is 0 Å². The fourth-order valence-electron chi connectivity index (χ4n) is 14.7. The lowest BCUT2D eigenvalue weighted by molar-refractivity contribution is -0.163. The first-order valence-corrected chi connectivity index (χ1v) is 30.3. The molecule has 1 heterocycles. The first-order valence-electron chi connectivity index (χ1n) is 30.3. The number of nitrogens with zero attached hydrogens (tertiary/aromatic N) is 1. The number of rotatable bonds is 33. The molecule has 402 valence electrons. The summed E-state index contributed by atoms with van der Waals surface area (Å²) in [6.45, 7) is 22.2. The molecule has 6 rings (SSSR count). The smallest absolute Gasteiger partial charge is 0.309 e. The van der Waals surface area contributed by atoms with Crippen molar-refractivity contribution in [1.29, 1.82) is 0 Å². The van der Waals surface area contributed by atoms with Gasteiger partial charge in [-0.05, 0) is 183 Å². The first kappa shape index (κ1) is 57.8. The number of esters is 1. The van der Waals surface area contributed by atoms with E-state index < -0.39 is 5.60 Å². The summed E-state index contributed by atoms with van der Waals surface area (Å²) in [6.07, 6.45) is 47.2. The Hall–Kier alpha value is -1.51. The summed E-state index contributed by atoms with van der Waals surface area (Å²) in [5.41, 5.74) is 1.88. The van der Waals surface area contributed by atoms with Crippen LogP contribution in [0.2, 0.25) is 0 Å². The zero-order chi connectivity index (χ0) is 49.6. The van der Waals surface area contributed by atoms with Gasteiger partial charge in [0.25, 0.3) is 0 Å². The Balaban J connectivity index is 0.862. The van der Waals surface area contributed by atoms with Crippen LogP contribution >= 0.6 is 0 Å². The fourth-order valence-corrected chi connectivity index (χ4v) is 14.7. The number of unbranched alkanes of at least 4 members (excludes halogenated alkanes) is 10. The van der Waals surface area contributed by atoms with Crippen LogP contribution in [0.4, 0.5) is 0 Å². The summed E-state index contributed by atoms with van der Waals surface area (Å²) in [6, 6.07) is 0. The second-order valence-electron chi connectivity index (χ2n) is 25.4. The van der Waals surface area contributed by atoms with E-state index >= 15 is 0 Å². The van der Waals surface area contributed by atoms with E-state index in [1.165, 1.54) is 141 Å². The Kier molecular flexibility index (Phi) is 25.4. The molecular weight excluding hydrogens is 867 g/mol. The molecule has 7 heteroatoms. The van der Waals surface area contributed by atoms with Crippen LogP contribution in [-0.2, 0) is 28.5 Å². The molecule has 4 saturated carbocycles. The lowest BCUT2D eigenvalue weighted by atomic mass is 9.54. The van der Waals surface area contributed by atoms with Crippen molar-refractivity contribution in [2.24, 2.45) is 58.7 Å². The predicted molar refractivity (Wildman–Crippen MR) is 291 cm³/mol. The summed E-state index contributed by atoms with van der Waals surface area (Å²) in [7, 11) is 0. The Labute approximate surface area is 431 Å². The molecule has 0 N–H and O–H groups in total. The van der Waals surface area contributed by atoms with E-state index in [4.69, 9.17) is 23.7 Å². The number of likely N-dealkylation sites (tertiary alicyclic amines) is 1. The lowest BCUT2D eigenvalue weighted by Crippen LogP contribution is -2.43. The Morgan fingerprint density at radius 3 is 2.31 bits per heavy atom. The summed E-state index contributed by atoms with van der Waals surface area (Å²) >= 11 is 0. The highest BCUT2D eigenvalue weighted by Crippen LogP contribution is 2.62. The number of carbonyl (C=O) groups is 1. The highest BCUT2D eigenvalue weighted by atomic mass is 16.6. The van der Waals surface area contributed by atoms with Gasteiger partial charge in [0.1, 0.15) is 5.60 Å². The van der Waals surface area contributed by atoms with Gasteiger partial charge in [-0.25, -0.2) is 0 Å². The van der Waals surface area contributed by atoms with E-state index in [1.54, 1.807) is 5.57 Å². The third-order valence-electron chi connectivity index (χ3n) is 18.4. The van der Waals surface area contributed by atoms with Gasteiger partial charge < -0.3 is 28.6 Å². The highest BCUT2D eigenvalue weighted by Gasteiger charge is 2.53. The zero-order valence-corrected chi connectivity index (χ0v) is 46.6. The maximum Gasteiger partial charge on any atom is 0.309 e. The van der Waals surface area contributed by atoms with E-state index in [-0.39, 0.29) is 18.0 Å². The normalized spacial score (nSPS) is 30.7. The van der Waals surface area contributed by atoms with Gasteiger partial charge in [-0.1, -0.05) is 128 Å². The monoisotopic (exact) mass is 976 g/mol. The third kappa shape index (κ3) is 19.0. The van der Waals surface area contributed by atoms with E-state index in [0.717, 1.165) is 93.9 Å². The topological polar surface area (TPSA) is 66.5 Å². The zero-order valence-electron chi connectivity index (χ0n) is 46.6. The van der Waals surface area contributed by atoms with Crippen LogP contribution in [0.15, 0.2) is 36.0 Å². The fraction of sp³-hybridized carbons (Fsp3) is 0.889. The number of hydrogen-bond donors (Lipinski definition) is 0. The van der Waals surface area contributed by atoms with Crippen molar-refractivity contribution in [3.8, 4) is 0 Å². The number of ether oxygens (including phenoxy) is 5. The molecule has 1 saturated heterocycles. The van der Waals surface area contributed by atoms with Gasteiger partial charge in [-0.15, -0.1) is 0 Å². The SMILES string of the molecule is CCCCCC=CCC=CCCCCCCCCOCC(CN1CC2CCCC(C(=O)OC(C)(C)C)C2C1)OCCOCCO[C@H]1CCC2C(=CCC3C2CCC2C3CC[C@]2(C)CCCCC(C)C)C1. The molecule has 7 nitrogen and oxygen atoms in total. The largest absolute Gasteiger partial charge is 0.460 e. The molecule has 5 aliphatic carbocycles. The summed E-state index contributed by atoms with van der Waals surface area (Å²) in [4.78, 5) is 15.8. The summed E-state index contributed by atoms with van der Waals surface area (Å²) < 4.78 is 31.5. The van der Waals surface area contributed by atoms with Gasteiger partial charge >= 0.3 is 5.97 Å². The molecule has 11 atom stereocenters. The van der Waals surface area contributed by atoms with E-state index in [9.17, 15) is 4.79 Å². The summed E-state index contributed by atoms with van der Waals surface area (Å²) in [5, 5.41) is 0. The van der Waals surface area contributed by atoms with Crippen molar-refractivity contribution in [2.45, 2.75) is 240 Å². The van der Waals surface area contributed by atoms with Gasteiger partial charge in [0, 0.05) is 26.2 Å². The molecule has 0 bridgehead atoms. The minimum atomic E-state index is -0.449. The second kappa shape index (κ2) is 30.8. The molecule has 0 radical (unpaired) electrons. The van der Waals surface area contributed by atoms with Crippen molar-refractivity contribution < 1.29 is 28.5 Å². The maximum atomic E-state index is 13.3. The summed E-state index contributed by atoms with van der Waals surface area (Å²) in [5.74, 6) is 6.36. The van der Waals surface area contributed by atoms with Crippen molar-refractivity contribution >= 4 is 5.97 Å². The van der Waals surface area contributed by atoms with Gasteiger partial charge in [-0.2, -0.15) is 0 Å². The number of allylic oxidation sites excluding steroid dienone is 5. The van der Waals surface area contributed by atoms with Gasteiger partial charge in [0.2, 0.25) is 0 Å². The highest BCUT2D eigenvalue weighted by molar-refractivity contribution is 5.73. The molecule has 0 amide bonds. The van der Waals surface area contributed by atoms with Crippen LogP contribution in [-0.4, -0.2) is 88.0 Å². The van der Waals surface area contributed by atoms with E-state index in [2.05, 4.69) is 63.0 Å². The first-order chi connectivity index (χ1) is 33.9. The van der Waals surface area contributed by atoms with Crippen LogP contribution in [0.25, 0.3) is 0 Å². The second-order valence-corrected chi connectivity index (χ2v) is 25.4. The average Bonchev–Trinajstić information content (AvgIpc) is 3.91. The van der Waals surface area contributed by atoms with Crippen LogP contribution in [0.3, 0.4) is 0 Å². The van der Waals surface area contributed by atoms with Crippen molar-refractivity contribution in [1.82, 2.24) is 4.90 Å². The van der Waals surface area contributed by atoms with Crippen molar-refractivity contribution in [2.75, 3.05) is 59.3 Å². The molecular formula is C63H109NO6. The molecule has 0 aromatic rings. The van der Waals surface area contributed by atoms with E-state index in [0.29, 0.717) is 56.4 Å². The van der Waals surface area contributed by atoms with Crippen LogP contribution in [0.1, 0.15) is 222 Å². The molecule has 0 aromatic heterocycles. The number of carbonyl (C=O) groups excluding carboxylic acids is 1. The van der Waals surface area contributed by atoms with Crippen LogP contribution in [0.5, 0.6) is 0 Å². The Morgan fingerprint density at radius 1 is 0.757 bits per heavy atom. The standard InChI is InChI=1S/C63H109NO6/c1-8-9-10-11-12-13-14-15-16-17-18-19-20-21-22-25-39-67-48-53(46-64-45-51-28-26-29-58(59(51)47-64)61(65)70-62(4,5)6)69-43-41-66-40-42-68-52-31-33-54-50(44-52)30-32-56-55(54)34-35-60-57(56)36-38-63(60,7)37-24-23-27-49(2)3/h12-13,15-16,30,49,51-60H,8-11,14,17-29,31-48H2,1-7H3/t51?,52-,53?,54?,55?,56?,57?,58?,59?,60?,63-/m0/s1. The van der Waals surface area contributed by atoms with Gasteiger partial charge in [0.15, 0.2) is 0 Å².